The monoisotopic (exact) mass is 387 g/mol. The van der Waals surface area contributed by atoms with E-state index in [9.17, 15) is 4.79 Å². The molecule has 1 amide bonds. The molecule has 2 heterocycles. The van der Waals surface area contributed by atoms with Crippen molar-refractivity contribution in [3.05, 3.63) is 52.3 Å². The fourth-order valence-electron chi connectivity index (χ4n) is 3.12. The second-order valence-corrected chi connectivity index (χ2v) is 7.42. The molecule has 1 unspecified atom stereocenters. The van der Waals surface area contributed by atoms with Crippen molar-refractivity contribution >= 4 is 33.2 Å². The van der Waals surface area contributed by atoms with Gasteiger partial charge in [-0.25, -0.2) is 0 Å². The molecule has 0 spiro atoms. The van der Waals surface area contributed by atoms with Crippen LogP contribution in [-0.4, -0.2) is 24.0 Å². The predicted octanol–water partition coefficient (Wildman–Crippen LogP) is 4.64. The molecule has 1 fully saturated rings. The zero-order chi connectivity index (χ0) is 17.1. The first kappa shape index (κ1) is 17.0. The Balaban J connectivity index is 1.76. The minimum absolute atomic E-state index is 0.174. The summed E-state index contributed by atoms with van der Waals surface area (Å²) in [5.74, 6) is 0.516. The maximum atomic E-state index is 12.5. The molecule has 0 saturated carbocycles. The van der Waals surface area contributed by atoms with Crippen molar-refractivity contribution in [2.45, 2.75) is 26.7 Å². The van der Waals surface area contributed by atoms with Gasteiger partial charge in [0.2, 0.25) is 0 Å². The van der Waals surface area contributed by atoms with Crippen molar-refractivity contribution in [3.8, 4) is 0 Å². The Kier molecular flexibility index (Phi) is 5.19. The molecule has 24 heavy (non-hydrogen) atoms. The van der Waals surface area contributed by atoms with Gasteiger partial charge in [0.05, 0.1) is 0 Å². The van der Waals surface area contributed by atoms with Crippen molar-refractivity contribution in [1.82, 2.24) is 4.98 Å². The van der Waals surface area contributed by atoms with E-state index in [1.807, 2.05) is 37.3 Å². The summed E-state index contributed by atoms with van der Waals surface area (Å²) in [5, 5.41) is 2.95. The molecule has 1 aromatic carbocycles. The van der Waals surface area contributed by atoms with Gasteiger partial charge < -0.3 is 10.2 Å². The van der Waals surface area contributed by atoms with Gasteiger partial charge in [0.1, 0.15) is 5.69 Å². The van der Waals surface area contributed by atoms with Gasteiger partial charge in [0.15, 0.2) is 0 Å². The van der Waals surface area contributed by atoms with Crippen LogP contribution in [0, 0.1) is 12.8 Å². The number of amides is 1. The number of carbonyl (C=O) groups is 1. The topological polar surface area (TPSA) is 45.2 Å². The number of nitrogens with one attached hydrogen (secondary N) is 1. The molecule has 1 aliphatic heterocycles. The van der Waals surface area contributed by atoms with Crippen LogP contribution in [0.5, 0.6) is 0 Å². The highest BCUT2D eigenvalue weighted by Gasteiger charge is 2.18. The Labute approximate surface area is 151 Å². The molecule has 3 rings (SSSR count). The summed E-state index contributed by atoms with van der Waals surface area (Å²) in [6.45, 7) is 6.33. The highest BCUT2D eigenvalue weighted by Crippen LogP contribution is 2.24. The molecular weight excluding hydrogens is 366 g/mol. The first-order valence-corrected chi connectivity index (χ1v) is 9.11. The lowest BCUT2D eigenvalue weighted by molar-refractivity contribution is 0.102. The lowest BCUT2D eigenvalue weighted by Gasteiger charge is -2.32. The summed E-state index contributed by atoms with van der Waals surface area (Å²) in [7, 11) is 0. The molecule has 5 heteroatoms. The first-order chi connectivity index (χ1) is 11.5. The van der Waals surface area contributed by atoms with E-state index >= 15 is 0 Å². The van der Waals surface area contributed by atoms with Crippen molar-refractivity contribution in [3.63, 3.8) is 0 Å². The third-order valence-electron chi connectivity index (χ3n) is 4.43. The minimum atomic E-state index is -0.174. The maximum absolute atomic E-state index is 12.5. The van der Waals surface area contributed by atoms with Gasteiger partial charge in [-0.2, -0.15) is 0 Å². The number of rotatable bonds is 3. The Bertz CT molecular complexity index is 747. The highest BCUT2D eigenvalue weighted by atomic mass is 79.9. The van der Waals surface area contributed by atoms with Crippen LogP contribution < -0.4 is 10.2 Å². The molecule has 1 atom stereocenters. The smallest absolute Gasteiger partial charge is 0.274 e. The molecule has 2 aromatic rings. The molecule has 0 aliphatic carbocycles. The van der Waals surface area contributed by atoms with Crippen LogP contribution in [-0.2, 0) is 0 Å². The van der Waals surface area contributed by atoms with E-state index in [1.54, 1.807) is 6.20 Å². The number of aryl methyl sites for hydroxylation is 1. The zero-order valence-corrected chi connectivity index (χ0v) is 15.6. The van der Waals surface area contributed by atoms with Crippen LogP contribution in [0.3, 0.4) is 0 Å². The largest absolute Gasteiger partial charge is 0.371 e. The lowest BCUT2D eigenvalue weighted by Crippen LogP contribution is -2.34. The molecule has 4 nitrogen and oxygen atoms in total. The lowest BCUT2D eigenvalue weighted by atomic mass is 10.00. The van der Waals surface area contributed by atoms with Crippen molar-refractivity contribution in [2.24, 2.45) is 5.92 Å². The fourth-order valence-corrected chi connectivity index (χ4v) is 3.59. The first-order valence-electron chi connectivity index (χ1n) is 8.31. The van der Waals surface area contributed by atoms with Crippen LogP contribution in [0.25, 0.3) is 0 Å². The van der Waals surface area contributed by atoms with Gasteiger partial charge in [-0.05, 0) is 61.6 Å². The standard InChI is InChI=1S/C19H22BrN3O/c1-13-4-3-9-23(12-13)16-7-8-21-18(11-16)19(24)22-17-6-5-15(20)10-14(17)2/h5-8,10-11,13H,3-4,9,12H2,1-2H3,(H,22,24). The van der Waals surface area contributed by atoms with Crippen LogP contribution in [0.4, 0.5) is 11.4 Å². The number of hydrogen-bond acceptors (Lipinski definition) is 3. The number of piperidine rings is 1. The van der Waals surface area contributed by atoms with Crippen molar-refractivity contribution in [1.29, 1.82) is 0 Å². The maximum Gasteiger partial charge on any atom is 0.274 e. The van der Waals surface area contributed by atoms with Gasteiger partial charge in [-0.15, -0.1) is 0 Å². The quantitative estimate of drug-likeness (QED) is 0.833. The van der Waals surface area contributed by atoms with E-state index < -0.39 is 0 Å². The molecule has 1 N–H and O–H groups in total. The average molecular weight is 388 g/mol. The van der Waals surface area contributed by atoms with E-state index in [2.05, 4.69) is 38.1 Å². The Morgan fingerprint density at radius 3 is 2.92 bits per heavy atom. The number of nitrogens with zero attached hydrogens (tertiary/aromatic N) is 2. The van der Waals surface area contributed by atoms with E-state index in [0.717, 1.165) is 34.5 Å². The third kappa shape index (κ3) is 3.96. The van der Waals surface area contributed by atoms with Crippen molar-refractivity contribution in [2.75, 3.05) is 23.3 Å². The van der Waals surface area contributed by atoms with Gasteiger partial charge >= 0.3 is 0 Å². The summed E-state index contributed by atoms with van der Waals surface area (Å²) in [4.78, 5) is 19.1. The third-order valence-corrected chi connectivity index (χ3v) is 4.93. The van der Waals surface area contributed by atoms with Crippen molar-refractivity contribution < 1.29 is 4.79 Å². The van der Waals surface area contributed by atoms with Crippen LogP contribution in [0.15, 0.2) is 41.0 Å². The van der Waals surface area contributed by atoms with Gasteiger partial charge in [0, 0.05) is 35.1 Å². The molecule has 1 saturated heterocycles. The highest BCUT2D eigenvalue weighted by molar-refractivity contribution is 9.10. The summed E-state index contributed by atoms with van der Waals surface area (Å²) < 4.78 is 0.998. The van der Waals surface area contributed by atoms with Gasteiger partial charge in [-0.1, -0.05) is 22.9 Å². The number of carbonyl (C=O) groups excluding carboxylic acids is 1. The second-order valence-electron chi connectivity index (χ2n) is 6.51. The van der Waals surface area contributed by atoms with Crippen LogP contribution in [0.2, 0.25) is 0 Å². The zero-order valence-electron chi connectivity index (χ0n) is 14.1. The van der Waals surface area contributed by atoms with E-state index in [0.29, 0.717) is 11.6 Å². The van der Waals surface area contributed by atoms with E-state index in [-0.39, 0.29) is 5.91 Å². The van der Waals surface area contributed by atoms with E-state index in [4.69, 9.17) is 0 Å². The summed E-state index contributed by atoms with van der Waals surface area (Å²) in [5.41, 5.74) is 3.35. The number of halogens is 1. The summed E-state index contributed by atoms with van der Waals surface area (Å²) in [6.07, 6.45) is 4.19. The molecule has 0 bridgehead atoms. The number of hydrogen-bond donors (Lipinski definition) is 1. The SMILES string of the molecule is Cc1cc(Br)ccc1NC(=O)c1cc(N2CCCC(C)C2)ccn1. The Morgan fingerprint density at radius 1 is 1.33 bits per heavy atom. The molecule has 126 valence electrons. The molecular formula is C19H22BrN3O. The predicted molar refractivity (Wildman–Crippen MR) is 102 cm³/mol. The van der Waals surface area contributed by atoms with Gasteiger partial charge in [0.25, 0.3) is 5.91 Å². The van der Waals surface area contributed by atoms with Crippen LogP contribution >= 0.6 is 15.9 Å². The summed E-state index contributed by atoms with van der Waals surface area (Å²) >= 11 is 3.44. The Hall–Kier alpha value is -1.88. The Morgan fingerprint density at radius 2 is 2.17 bits per heavy atom. The minimum Gasteiger partial charge on any atom is -0.371 e. The number of pyridine rings is 1. The molecule has 0 radical (unpaired) electrons. The van der Waals surface area contributed by atoms with Gasteiger partial charge in [-0.3, -0.25) is 9.78 Å². The number of aromatic nitrogens is 1. The number of benzene rings is 1. The summed E-state index contributed by atoms with van der Waals surface area (Å²) in [6, 6.07) is 9.67. The van der Waals surface area contributed by atoms with E-state index in [1.165, 1.54) is 12.8 Å². The second kappa shape index (κ2) is 7.34. The molecule has 1 aliphatic rings. The number of anilines is 2. The molecule has 1 aromatic heterocycles. The van der Waals surface area contributed by atoms with Crippen LogP contribution in [0.1, 0.15) is 35.8 Å². The normalized spacial score (nSPS) is 17.6. The fraction of sp³-hybridized carbons (Fsp3) is 0.368. The average Bonchev–Trinajstić information content (AvgIpc) is 2.57.